The summed E-state index contributed by atoms with van der Waals surface area (Å²) in [5.74, 6) is 2.79. The summed E-state index contributed by atoms with van der Waals surface area (Å²) in [5.41, 5.74) is 2.41. The number of aromatic nitrogens is 2. The molecule has 2 aromatic carbocycles. The van der Waals surface area contributed by atoms with E-state index in [1.807, 2.05) is 36.4 Å². The molecule has 0 spiro atoms. The highest BCUT2D eigenvalue weighted by Crippen LogP contribution is 2.34. The van der Waals surface area contributed by atoms with Crippen molar-refractivity contribution in [1.82, 2.24) is 9.97 Å². The molecule has 7 nitrogen and oxygen atoms in total. The highest BCUT2D eigenvalue weighted by Gasteiger charge is 2.14. The number of nitrogens with zero attached hydrogens (tertiary/aromatic N) is 2. The number of amides is 1. The average molecular weight is 449 g/mol. The normalized spacial score (nSPS) is 14.1. The van der Waals surface area contributed by atoms with Crippen LogP contribution in [0.5, 0.6) is 11.5 Å². The van der Waals surface area contributed by atoms with Gasteiger partial charge >= 0.3 is 0 Å². The van der Waals surface area contributed by atoms with E-state index in [2.05, 4.69) is 20.6 Å². The molecular formula is C26H32N4O3. The third kappa shape index (κ3) is 5.92. The number of rotatable bonds is 9. The third-order valence-electron chi connectivity index (χ3n) is 6.31. The number of carbonyl (C=O) groups is 1. The molecule has 0 radical (unpaired) electrons. The van der Waals surface area contributed by atoms with Crippen LogP contribution in [0.1, 0.15) is 51.4 Å². The molecule has 0 saturated heterocycles. The van der Waals surface area contributed by atoms with E-state index in [-0.39, 0.29) is 5.91 Å². The highest BCUT2D eigenvalue weighted by molar-refractivity contribution is 5.93. The maximum atomic E-state index is 12.3. The van der Waals surface area contributed by atoms with Crippen LogP contribution in [-0.4, -0.2) is 30.1 Å². The van der Waals surface area contributed by atoms with Crippen molar-refractivity contribution in [2.45, 2.75) is 51.4 Å². The molecule has 1 fully saturated rings. The van der Waals surface area contributed by atoms with Gasteiger partial charge in [-0.2, -0.15) is 0 Å². The Morgan fingerprint density at radius 2 is 1.67 bits per heavy atom. The molecule has 33 heavy (non-hydrogen) atoms. The van der Waals surface area contributed by atoms with Crippen LogP contribution in [0.25, 0.3) is 10.9 Å². The fourth-order valence-electron chi connectivity index (χ4n) is 4.51. The van der Waals surface area contributed by atoms with Gasteiger partial charge < -0.3 is 20.1 Å². The standard InChI is InChI=1S/C26H32N4O3/c1-32-23-15-21-22(16-24(23)33-2)27-17-28-26(21)30-20-13-11-19(12-14-20)29-25(31)10-6-9-18-7-4-3-5-8-18/h11-18H,3-10H2,1-2H3,(H,29,31)(H,27,28,30). The number of hydrogen-bond donors (Lipinski definition) is 2. The maximum Gasteiger partial charge on any atom is 0.224 e. The topological polar surface area (TPSA) is 85.4 Å². The smallest absolute Gasteiger partial charge is 0.224 e. The highest BCUT2D eigenvalue weighted by atomic mass is 16.5. The van der Waals surface area contributed by atoms with E-state index in [1.54, 1.807) is 14.2 Å². The Morgan fingerprint density at radius 3 is 2.39 bits per heavy atom. The lowest BCUT2D eigenvalue weighted by Gasteiger charge is -2.21. The SMILES string of the molecule is COc1cc2ncnc(Nc3ccc(NC(=O)CCCC4CCCCC4)cc3)c2cc1OC. The van der Waals surface area contributed by atoms with Gasteiger partial charge in [0.2, 0.25) is 5.91 Å². The molecule has 7 heteroatoms. The first kappa shape index (κ1) is 22.8. The van der Waals surface area contributed by atoms with E-state index in [4.69, 9.17) is 9.47 Å². The Bertz CT molecular complexity index is 1080. The van der Waals surface area contributed by atoms with Crippen molar-refractivity contribution in [1.29, 1.82) is 0 Å². The molecule has 1 saturated carbocycles. The van der Waals surface area contributed by atoms with Crippen molar-refractivity contribution in [2.24, 2.45) is 5.92 Å². The van der Waals surface area contributed by atoms with Crippen molar-refractivity contribution in [3.63, 3.8) is 0 Å². The van der Waals surface area contributed by atoms with Gasteiger partial charge in [-0.3, -0.25) is 4.79 Å². The van der Waals surface area contributed by atoms with Gasteiger partial charge in [0.05, 0.1) is 19.7 Å². The summed E-state index contributed by atoms with van der Waals surface area (Å²) in [6.45, 7) is 0. The van der Waals surface area contributed by atoms with Crippen molar-refractivity contribution in [3.05, 3.63) is 42.7 Å². The van der Waals surface area contributed by atoms with Crippen LogP contribution in [0.3, 0.4) is 0 Å². The number of ether oxygens (including phenoxy) is 2. The number of hydrogen-bond acceptors (Lipinski definition) is 6. The summed E-state index contributed by atoms with van der Waals surface area (Å²) in [7, 11) is 3.20. The minimum Gasteiger partial charge on any atom is -0.493 e. The predicted octanol–water partition coefficient (Wildman–Crippen LogP) is 6.08. The van der Waals surface area contributed by atoms with Gasteiger partial charge in [0.25, 0.3) is 0 Å². The summed E-state index contributed by atoms with van der Waals surface area (Å²) >= 11 is 0. The molecule has 1 aliphatic rings. The lowest BCUT2D eigenvalue weighted by atomic mass is 9.86. The van der Waals surface area contributed by atoms with E-state index in [1.165, 1.54) is 44.9 Å². The summed E-state index contributed by atoms with van der Waals surface area (Å²) in [6, 6.07) is 11.3. The lowest BCUT2D eigenvalue weighted by Crippen LogP contribution is -2.12. The zero-order valence-electron chi connectivity index (χ0n) is 19.4. The molecule has 2 N–H and O–H groups in total. The van der Waals surface area contributed by atoms with Crippen LogP contribution in [0.15, 0.2) is 42.7 Å². The van der Waals surface area contributed by atoms with Crippen molar-refractivity contribution >= 4 is 34.0 Å². The van der Waals surface area contributed by atoms with E-state index in [0.717, 1.165) is 34.6 Å². The van der Waals surface area contributed by atoms with Gasteiger partial charge in [0.1, 0.15) is 12.1 Å². The van der Waals surface area contributed by atoms with Gasteiger partial charge in [-0.25, -0.2) is 9.97 Å². The largest absolute Gasteiger partial charge is 0.493 e. The zero-order valence-corrected chi connectivity index (χ0v) is 19.4. The average Bonchev–Trinajstić information content (AvgIpc) is 2.85. The fourth-order valence-corrected chi connectivity index (χ4v) is 4.51. The molecule has 3 aromatic rings. The summed E-state index contributed by atoms with van der Waals surface area (Å²) in [4.78, 5) is 21.0. The van der Waals surface area contributed by atoms with Crippen LogP contribution in [0.4, 0.5) is 17.2 Å². The second kappa shape index (κ2) is 11.0. The summed E-state index contributed by atoms with van der Waals surface area (Å²) < 4.78 is 10.8. The Balaban J connectivity index is 1.35. The number of anilines is 3. The minimum absolute atomic E-state index is 0.0781. The first-order chi connectivity index (χ1) is 16.2. The Hall–Kier alpha value is -3.35. The van der Waals surface area contributed by atoms with Gasteiger partial charge in [-0.1, -0.05) is 32.1 Å². The van der Waals surface area contributed by atoms with E-state index >= 15 is 0 Å². The van der Waals surface area contributed by atoms with Crippen LogP contribution in [-0.2, 0) is 4.79 Å². The van der Waals surface area contributed by atoms with Gasteiger partial charge in [-0.15, -0.1) is 0 Å². The predicted molar refractivity (Wildman–Crippen MR) is 131 cm³/mol. The van der Waals surface area contributed by atoms with Gasteiger partial charge in [0, 0.05) is 29.2 Å². The number of nitrogens with one attached hydrogen (secondary N) is 2. The van der Waals surface area contributed by atoms with Crippen molar-refractivity contribution in [2.75, 3.05) is 24.9 Å². The third-order valence-corrected chi connectivity index (χ3v) is 6.31. The molecular weight excluding hydrogens is 416 g/mol. The minimum atomic E-state index is 0.0781. The van der Waals surface area contributed by atoms with Gasteiger partial charge in [-0.05, 0) is 49.1 Å². The summed E-state index contributed by atoms with van der Waals surface area (Å²) in [5, 5.41) is 7.16. The second-order valence-corrected chi connectivity index (χ2v) is 8.59. The van der Waals surface area contributed by atoms with Crippen molar-refractivity contribution in [3.8, 4) is 11.5 Å². The van der Waals surface area contributed by atoms with Crippen molar-refractivity contribution < 1.29 is 14.3 Å². The summed E-state index contributed by atoms with van der Waals surface area (Å²) in [6.07, 6.45) is 11.0. The number of fused-ring (bicyclic) bond motifs is 1. The monoisotopic (exact) mass is 448 g/mol. The number of carbonyl (C=O) groups excluding carboxylic acids is 1. The molecule has 0 aliphatic heterocycles. The molecule has 1 aliphatic carbocycles. The molecule has 1 heterocycles. The van der Waals surface area contributed by atoms with E-state index in [9.17, 15) is 4.79 Å². The van der Waals surface area contributed by atoms with E-state index < -0.39 is 0 Å². The Labute approximate surface area is 194 Å². The molecule has 0 unspecified atom stereocenters. The molecule has 1 aromatic heterocycles. The fraction of sp³-hybridized carbons (Fsp3) is 0.423. The zero-order chi connectivity index (χ0) is 23.0. The second-order valence-electron chi connectivity index (χ2n) is 8.59. The number of benzene rings is 2. The Morgan fingerprint density at radius 1 is 0.970 bits per heavy atom. The molecule has 0 bridgehead atoms. The van der Waals surface area contributed by atoms with Crippen LogP contribution >= 0.6 is 0 Å². The first-order valence-electron chi connectivity index (χ1n) is 11.7. The van der Waals surface area contributed by atoms with Crippen LogP contribution in [0, 0.1) is 5.92 Å². The quantitative estimate of drug-likeness (QED) is 0.413. The van der Waals surface area contributed by atoms with Gasteiger partial charge in [0.15, 0.2) is 11.5 Å². The number of methoxy groups -OCH3 is 2. The first-order valence-corrected chi connectivity index (χ1v) is 11.7. The molecule has 1 amide bonds. The van der Waals surface area contributed by atoms with E-state index in [0.29, 0.717) is 23.7 Å². The molecule has 4 rings (SSSR count). The molecule has 0 atom stereocenters. The van der Waals surface area contributed by atoms with Crippen LogP contribution < -0.4 is 20.1 Å². The Kier molecular flexibility index (Phi) is 7.60. The molecule has 174 valence electrons. The van der Waals surface area contributed by atoms with Crippen LogP contribution in [0.2, 0.25) is 0 Å². The maximum absolute atomic E-state index is 12.3. The lowest BCUT2D eigenvalue weighted by molar-refractivity contribution is -0.116.